The molecular weight excluding hydrogens is 360 g/mol. The molecule has 1 unspecified atom stereocenters. The quantitative estimate of drug-likeness (QED) is 0.399. The fraction of sp³-hybridized carbons (Fsp3) is 0.850. The molecule has 0 spiro atoms. The van der Waals surface area contributed by atoms with E-state index >= 15 is 0 Å². The Balaban J connectivity index is 1.44. The number of piperidine rings is 2. The monoisotopic (exact) mass is 392 g/mol. The van der Waals surface area contributed by atoms with Gasteiger partial charge in [-0.15, -0.1) is 0 Å². The van der Waals surface area contributed by atoms with Crippen LogP contribution in [0, 0.1) is 29.1 Å². The summed E-state index contributed by atoms with van der Waals surface area (Å²) in [5.41, 5.74) is 0.198. The van der Waals surface area contributed by atoms with Gasteiger partial charge < -0.3 is 21.1 Å². The van der Waals surface area contributed by atoms with Gasteiger partial charge in [0.25, 0.3) is 0 Å². The Hall–Kier alpha value is -1.67. The molecule has 2 saturated heterocycles. The summed E-state index contributed by atoms with van der Waals surface area (Å²) in [6, 6.07) is 0.105. The minimum absolute atomic E-state index is 0.0961. The summed E-state index contributed by atoms with van der Waals surface area (Å²) in [6.45, 7) is 5.90. The molecule has 0 radical (unpaired) electrons. The number of nitrogens with one attached hydrogen (secondary N) is 4. The molecule has 4 fully saturated rings. The summed E-state index contributed by atoms with van der Waals surface area (Å²) >= 11 is 0. The van der Waals surface area contributed by atoms with Crippen LogP contribution in [-0.2, 0) is 14.4 Å². The first kappa shape index (κ1) is 19.6. The molecule has 3 amide bonds. The van der Waals surface area contributed by atoms with Gasteiger partial charge in [0.15, 0.2) is 0 Å². The van der Waals surface area contributed by atoms with Gasteiger partial charge in [-0.05, 0) is 43.4 Å². The number of aliphatic hydroxyl groups is 1. The van der Waals surface area contributed by atoms with E-state index in [0.29, 0.717) is 24.8 Å². The Morgan fingerprint density at radius 2 is 1.96 bits per heavy atom. The van der Waals surface area contributed by atoms with Crippen LogP contribution in [0.1, 0.15) is 46.0 Å². The van der Waals surface area contributed by atoms with E-state index in [1.165, 1.54) is 0 Å². The molecule has 0 aromatic carbocycles. The van der Waals surface area contributed by atoms with E-state index in [0.717, 1.165) is 25.8 Å². The lowest BCUT2D eigenvalue weighted by molar-refractivity contribution is -0.142. The van der Waals surface area contributed by atoms with E-state index < -0.39 is 17.9 Å². The largest absolute Gasteiger partial charge is 0.382 e. The van der Waals surface area contributed by atoms with E-state index in [9.17, 15) is 19.5 Å². The molecular formula is C20H32N4O4. The van der Waals surface area contributed by atoms with Crippen molar-refractivity contribution in [2.45, 2.75) is 64.3 Å². The van der Waals surface area contributed by atoms with Crippen LogP contribution in [0.2, 0.25) is 0 Å². The number of aliphatic hydroxyl groups excluding tert-OH is 1. The van der Waals surface area contributed by atoms with Crippen molar-refractivity contribution in [3.05, 3.63) is 0 Å². The summed E-state index contributed by atoms with van der Waals surface area (Å²) in [7, 11) is 0. The first-order chi connectivity index (χ1) is 13.3. The maximum Gasteiger partial charge on any atom is 0.249 e. The molecule has 0 bridgehead atoms. The van der Waals surface area contributed by atoms with E-state index in [2.05, 4.69) is 35.1 Å². The van der Waals surface area contributed by atoms with Crippen molar-refractivity contribution < 1.29 is 19.5 Å². The minimum Gasteiger partial charge on any atom is -0.382 e. The molecule has 2 saturated carbocycles. The van der Waals surface area contributed by atoms with Gasteiger partial charge in [-0.3, -0.25) is 19.7 Å². The van der Waals surface area contributed by atoms with Gasteiger partial charge >= 0.3 is 0 Å². The van der Waals surface area contributed by atoms with Gasteiger partial charge in [0, 0.05) is 31.0 Å². The highest BCUT2D eigenvalue weighted by atomic mass is 16.3. The lowest BCUT2D eigenvalue weighted by Crippen LogP contribution is -2.53. The smallest absolute Gasteiger partial charge is 0.249 e. The Morgan fingerprint density at radius 3 is 2.57 bits per heavy atom. The number of carbonyl (C=O) groups is 3. The molecule has 8 heteroatoms. The first-order valence-corrected chi connectivity index (χ1v) is 10.6. The summed E-state index contributed by atoms with van der Waals surface area (Å²) in [5.74, 6) is -1.33. The van der Waals surface area contributed by atoms with Gasteiger partial charge in [0.1, 0.15) is 6.10 Å². The molecule has 4 rings (SSSR count). The summed E-state index contributed by atoms with van der Waals surface area (Å²) in [6.07, 6.45) is 1.92. The van der Waals surface area contributed by atoms with Gasteiger partial charge in [-0.25, -0.2) is 0 Å². The van der Waals surface area contributed by atoms with Crippen LogP contribution in [0.4, 0.5) is 0 Å². The third-order valence-electron chi connectivity index (χ3n) is 7.20. The minimum atomic E-state index is -1.44. The fourth-order valence-corrected chi connectivity index (χ4v) is 5.06. The highest BCUT2D eigenvalue weighted by Gasteiger charge is 2.64. The number of carbonyl (C=O) groups excluding carboxylic acids is 3. The van der Waals surface area contributed by atoms with Crippen LogP contribution < -0.4 is 21.3 Å². The molecule has 2 aliphatic carbocycles. The summed E-state index contributed by atoms with van der Waals surface area (Å²) < 4.78 is 0. The predicted octanol–water partition coefficient (Wildman–Crippen LogP) is -0.524. The van der Waals surface area contributed by atoms with Crippen LogP contribution >= 0.6 is 0 Å². The molecule has 8 nitrogen and oxygen atoms in total. The fourth-order valence-electron chi connectivity index (χ4n) is 5.06. The average molecular weight is 393 g/mol. The summed E-state index contributed by atoms with van der Waals surface area (Å²) in [4.78, 5) is 37.7. The van der Waals surface area contributed by atoms with E-state index in [1.807, 2.05) is 0 Å². The highest BCUT2D eigenvalue weighted by Crippen LogP contribution is 2.61. The van der Waals surface area contributed by atoms with Crippen LogP contribution in [0.3, 0.4) is 0 Å². The van der Waals surface area contributed by atoms with Gasteiger partial charge in [-0.2, -0.15) is 0 Å². The number of rotatable bonds is 7. The number of hydrogen-bond donors (Lipinski definition) is 5. The van der Waals surface area contributed by atoms with Crippen molar-refractivity contribution in [3.8, 4) is 0 Å². The lowest BCUT2D eigenvalue weighted by Gasteiger charge is -2.29. The maximum atomic E-state index is 13.1. The summed E-state index contributed by atoms with van der Waals surface area (Å²) in [5, 5.41) is 22.6. The Labute approximate surface area is 165 Å². The second kappa shape index (κ2) is 7.30. The number of hydrogen-bond acceptors (Lipinski definition) is 5. The molecule has 6 atom stereocenters. The number of fused-ring (bicyclic) bond motifs is 1. The molecule has 0 aromatic heterocycles. The zero-order valence-corrected chi connectivity index (χ0v) is 16.7. The molecule has 5 N–H and O–H groups in total. The van der Waals surface area contributed by atoms with Crippen molar-refractivity contribution >= 4 is 17.7 Å². The second-order valence-corrected chi connectivity index (χ2v) is 9.55. The third kappa shape index (κ3) is 3.76. The Morgan fingerprint density at radius 1 is 1.21 bits per heavy atom. The van der Waals surface area contributed by atoms with Crippen LogP contribution in [-0.4, -0.2) is 54.2 Å². The zero-order chi connectivity index (χ0) is 20.1. The van der Waals surface area contributed by atoms with Crippen molar-refractivity contribution in [2.75, 3.05) is 13.1 Å². The van der Waals surface area contributed by atoms with Crippen molar-refractivity contribution in [2.24, 2.45) is 29.1 Å². The topological polar surface area (TPSA) is 120 Å². The van der Waals surface area contributed by atoms with Gasteiger partial charge in [0.2, 0.25) is 17.7 Å². The molecule has 2 aliphatic heterocycles. The van der Waals surface area contributed by atoms with Gasteiger partial charge in [-0.1, -0.05) is 13.8 Å². The SMILES string of the molecule is CC1(C)[C@@H]2[C@H](NC(=O)[C@@H](C[C@@H]3CCCNC3=O)C(O)C(=O)NC3CC3)NC[C@@H]21. The molecule has 0 aromatic rings. The van der Waals surface area contributed by atoms with Crippen LogP contribution in [0.5, 0.6) is 0 Å². The third-order valence-corrected chi connectivity index (χ3v) is 7.20. The Bertz CT molecular complexity index is 663. The van der Waals surface area contributed by atoms with Crippen LogP contribution in [0.25, 0.3) is 0 Å². The van der Waals surface area contributed by atoms with E-state index in [4.69, 9.17) is 0 Å². The molecule has 28 heavy (non-hydrogen) atoms. The average Bonchev–Trinajstić information content (AvgIpc) is 3.49. The first-order valence-electron chi connectivity index (χ1n) is 10.6. The standard InChI is InChI=1S/C20H32N4O4/c1-20(2)13-9-22-16(14(13)20)24-18(27)12(8-10-4-3-7-21-17(10)26)15(25)19(28)23-11-5-6-11/h10-16,22,25H,3-9H2,1-2H3,(H,21,26)(H,23,28)(H,24,27)/t10-,12-,13-,14-,15?,16-/m0/s1. The normalized spacial score (nSPS) is 35.3. The molecule has 4 aliphatic rings. The molecule has 2 heterocycles. The predicted molar refractivity (Wildman–Crippen MR) is 102 cm³/mol. The van der Waals surface area contributed by atoms with Gasteiger partial charge in [0.05, 0.1) is 12.1 Å². The maximum absolute atomic E-state index is 13.1. The van der Waals surface area contributed by atoms with Crippen LogP contribution in [0.15, 0.2) is 0 Å². The highest BCUT2D eigenvalue weighted by molar-refractivity contribution is 5.90. The van der Waals surface area contributed by atoms with E-state index in [-0.39, 0.29) is 41.8 Å². The number of amides is 3. The molecule has 156 valence electrons. The lowest BCUT2D eigenvalue weighted by atomic mass is 9.84. The van der Waals surface area contributed by atoms with Crippen molar-refractivity contribution in [1.82, 2.24) is 21.3 Å². The van der Waals surface area contributed by atoms with Crippen molar-refractivity contribution in [3.63, 3.8) is 0 Å². The second-order valence-electron chi connectivity index (χ2n) is 9.55. The van der Waals surface area contributed by atoms with Crippen molar-refractivity contribution in [1.29, 1.82) is 0 Å². The zero-order valence-electron chi connectivity index (χ0n) is 16.7. The van der Waals surface area contributed by atoms with E-state index in [1.54, 1.807) is 0 Å². The Kier molecular flexibility index (Phi) is 5.12.